The predicted octanol–water partition coefficient (Wildman–Crippen LogP) is -0.176. The van der Waals surface area contributed by atoms with Crippen molar-refractivity contribution in [1.29, 1.82) is 0 Å². The first-order chi connectivity index (χ1) is 4.33. The van der Waals surface area contributed by atoms with Crippen molar-refractivity contribution in [3.8, 4) is 0 Å². The quantitative estimate of drug-likeness (QED) is 0.545. The van der Waals surface area contributed by atoms with Crippen molar-refractivity contribution in [3.05, 3.63) is 5.43 Å². The van der Waals surface area contributed by atoms with Crippen LogP contribution in [0.2, 0.25) is 0 Å². The van der Waals surface area contributed by atoms with Crippen LogP contribution in [0.15, 0.2) is 0 Å². The van der Waals surface area contributed by atoms with Crippen molar-refractivity contribution in [2.24, 2.45) is 0 Å². The molecule has 2 N–H and O–H groups in total. The lowest BCUT2D eigenvalue weighted by molar-refractivity contribution is 0.184. The van der Waals surface area contributed by atoms with Gasteiger partial charge in [-0.15, -0.1) is 0 Å². The van der Waals surface area contributed by atoms with Gasteiger partial charge in [-0.05, 0) is 12.6 Å². The highest BCUT2D eigenvalue weighted by atomic mass is 16.3. The van der Waals surface area contributed by atoms with Crippen molar-refractivity contribution in [3.63, 3.8) is 0 Å². The molecular formula is C5H12N3O-. The van der Waals surface area contributed by atoms with E-state index in [2.05, 4.69) is 17.9 Å². The van der Waals surface area contributed by atoms with E-state index in [1.54, 1.807) is 0 Å². The number of aliphatic hydroxyl groups is 1. The van der Waals surface area contributed by atoms with Crippen LogP contribution in [0.4, 0.5) is 0 Å². The summed E-state index contributed by atoms with van der Waals surface area (Å²) in [5.74, 6) is 0. The number of hydrazine groups is 1. The maximum atomic E-state index is 8.86. The van der Waals surface area contributed by atoms with Gasteiger partial charge >= 0.3 is 0 Å². The van der Waals surface area contributed by atoms with E-state index in [9.17, 15) is 0 Å². The number of aliphatic hydroxyl groups excluding tert-OH is 1. The van der Waals surface area contributed by atoms with Crippen LogP contribution in [-0.2, 0) is 0 Å². The van der Waals surface area contributed by atoms with Gasteiger partial charge in [-0.1, -0.05) is 6.92 Å². The Morgan fingerprint density at radius 1 is 1.89 bits per heavy atom. The van der Waals surface area contributed by atoms with Crippen LogP contribution in [0.1, 0.15) is 13.3 Å². The summed E-state index contributed by atoms with van der Waals surface area (Å²) in [5.41, 5.74) is 6.38. The Kier molecular flexibility index (Phi) is 2.41. The monoisotopic (exact) mass is 130 g/mol. The van der Waals surface area contributed by atoms with Gasteiger partial charge in [-0.3, -0.25) is 5.01 Å². The van der Waals surface area contributed by atoms with Crippen LogP contribution in [0.5, 0.6) is 0 Å². The Bertz CT molecular complexity index is 86.3. The molecule has 0 aliphatic carbocycles. The van der Waals surface area contributed by atoms with Crippen molar-refractivity contribution in [2.45, 2.75) is 19.6 Å². The van der Waals surface area contributed by atoms with E-state index in [0.29, 0.717) is 6.54 Å². The summed E-state index contributed by atoms with van der Waals surface area (Å²) >= 11 is 0. The fourth-order valence-corrected chi connectivity index (χ4v) is 0.838. The average molecular weight is 130 g/mol. The third kappa shape index (κ3) is 1.91. The molecule has 9 heavy (non-hydrogen) atoms. The third-order valence-corrected chi connectivity index (χ3v) is 1.23. The lowest BCUT2D eigenvalue weighted by atomic mass is 10.4. The van der Waals surface area contributed by atoms with Crippen LogP contribution < -0.4 is 5.53 Å². The van der Waals surface area contributed by atoms with E-state index in [-0.39, 0.29) is 0 Å². The molecule has 0 aromatic heterocycles. The first kappa shape index (κ1) is 6.95. The van der Waals surface area contributed by atoms with Crippen molar-refractivity contribution >= 4 is 0 Å². The molecule has 1 saturated heterocycles. The lowest BCUT2D eigenvalue weighted by Crippen LogP contribution is -2.29. The number of rotatable bonds is 2. The van der Waals surface area contributed by atoms with Crippen molar-refractivity contribution in [1.82, 2.24) is 10.5 Å². The molecule has 4 nitrogen and oxygen atoms in total. The fraction of sp³-hybridized carbons (Fsp3) is 1.00. The van der Waals surface area contributed by atoms with Gasteiger partial charge in [0.15, 0.2) is 0 Å². The predicted molar refractivity (Wildman–Crippen MR) is 34.4 cm³/mol. The zero-order chi connectivity index (χ0) is 6.69. The van der Waals surface area contributed by atoms with Gasteiger partial charge in [0.2, 0.25) is 0 Å². The number of nitrogens with zero attached hydrogens (tertiary/aromatic N) is 2. The fourth-order valence-electron chi connectivity index (χ4n) is 0.838. The maximum Gasteiger partial charge on any atom is 0.0193 e. The van der Waals surface area contributed by atoms with E-state index < -0.39 is 6.23 Å². The van der Waals surface area contributed by atoms with Crippen LogP contribution in [0.3, 0.4) is 0 Å². The van der Waals surface area contributed by atoms with Crippen molar-refractivity contribution < 1.29 is 5.11 Å². The summed E-state index contributed by atoms with van der Waals surface area (Å²) in [6.45, 7) is 3.65. The van der Waals surface area contributed by atoms with Gasteiger partial charge in [-0.2, -0.15) is 0 Å². The van der Waals surface area contributed by atoms with Gasteiger partial charge in [0.1, 0.15) is 0 Å². The highest BCUT2D eigenvalue weighted by molar-refractivity contribution is 4.85. The normalized spacial score (nSPS) is 29.3. The van der Waals surface area contributed by atoms with Gasteiger partial charge < -0.3 is 16.1 Å². The summed E-state index contributed by atoms with van der Waals surface area (Å²) in [6, 6.07) is 0. The first-order valence-corrected chi connectivity index (χ1v) is 3.21. The largest absolute Gasteiger partial charge is 0.556 e. The van der Waals surface area contributed by atoms with Gasteiger partial charge in [0, 0.05) is 13.1 Å². The summed E-state index contributed by atoms with van der Waals surface area (Å²) in [7, 11) is 0. The third-order valence-electron chi connectivity index (χ3n) is 1.23. The second-order valence-corrected chi connectivity index (χ2v) is 2.16. The van der Waals surface area contributed by atoms with Gasteiger partial charge in [0.25, 0.3) is 0 Å². The van der Waals surface area contributed by atoms with E-state index in [1.807, 2.05) is 5.01 Å². The molecule has 4 heteroatoms. The van der Waals surface area contributed by atoms with E-state index in [0.717, 1.165) is 13.0 Å². The number of hydrogen-bond donors (Lipinski definition) is 2. The second kappa shape index (κ2) is 3.12. The topological polar surface area (TPSA) is 49.6 Å². The highest BCUT2D eigenvalue weighted by Crippen LogP contribution is 2.04. The summed E-state index contributed by atoms with van der Waals surface area (Å²) < 4.78 is 0. The van der Waals surface area contributed by atoms with Crippen LogP contribution in [-0.4, -0.2) is 29.4 Å². The van der Waals surface area contributed by atoms with Crippen LogP contribution >= 0.6 is 0 Å². The smallest absolute Gasteiger partial charge is 0.0193 e. The van der Waals surface area contributed by atoms with Crippen LogP contribution in [0, 0.1) is 0 Å². The van der Waals surface area contributed by atoms with Crippen molar-refractivity contribution in [2.75, 3.05) is 13.1 Å². The molecule has 54 valence electrons. The second-order valence-electron chi connectivity index (χ2n) is 2.16. The van der Waals surface area contributed by atoms with E-state index in [4.69, 9.17) is 5.11 Å². The Labute approximate surface area is 54.8 Å². The number of nitrogens with one attached hydrogen (secondary N) is 1. The highest BCUT2D eigenvalue weighted by Gasteiger charge is 2.06. The molecule has 1 unspecified atom stereocenters. The molecule has 1 rings (SSSR count). The Hall–Kier alpha value is -0.160. The van der Waals surface area contributed by atoms with Gasteiger partial charge in [0.05, 0.1) is 0 Å². The standard InChI is InChI=1S/C5H12N3O/c1-2-3-8-4-5(9)6-7-8/h5,7,9H,2-4H2,1H3/q-1. The molecule has 1 fully saturated rings. The van der Waals surface area contributed by atoms with E-state index in [1.165, 1.54) is 0 Å². The molecule has 0 spiro atoms. The number of β-amino-alcohol motifs (C(OH)–C–C–N with tert-alkyl or cyclic N) is 1. The maximum absolute atomic E-state index is 8.86. The molecule has 0 radical (unpaired) electrons. The summed E-state index contributed by atoms with van der Waals surface area (Å²) in [4.78, 5) is 0. The minimum Gasteiger partial charge on any atom is -0.556 e. The molecule has 0 aromatic carbocycles. The first-order valence-electron chi connectivity index (χ1n) is 3.21. The molecule has 0 aromatic rings. The van der Waals surface area contributed by atoms with Gasteiger partial charge in [-0.25, -0.2) is 0 Å². The summed E-state index contributed by atoms with van der Waals surface area (Å²) in [5, 5.41) is 10.7. The molecule has 0 amide bonds. The lowest BCUT2D eigenvalue weighted by Gasteiger charge is -2.18. The Morgan fingerprint density at radius 3 is 3.11 bits per heavy atom. The molecule has 1 aliphatic heterocycles. The van der Waals surface area contributed by atoms with Crippen LogP contribution in [0.25, 0.3) is 5.43 Å². The molecule has 1 aliphatic rings. The number of hydrogen-bond acceptors (Lipinski definition) is 3. The molecule has 1 atom stereocenters. The zero-order valence-corrected chi connectivity index (χ0v) is 5.54. The minimum absolute atomic E-state index is 0.531. The van der Waals surface area contributed by atoms with E-state index >= 15 is 0 Å². The average Bonchev–Trinajstić information content (AvgIpc) is 2.17. The molecular weight excluding hydrogens is 118 g/mol. The SMILES string of the molecule is CCCN1CC(O)[N-]N1. The molecule has 0 saturated carbocycles. The minimum atomic E-state index is -0.531. The molecule has 1 heterocycles. The Morgan fingerprint density at radius 2 is 2.67 bits per heavy atom. The zero-order valence-electron chi connectivity index (χ0n) is 5.54. The Balaban J connectivity index is 2.14. The molecule has 0 bridgehead atoms. The summed E-state index contributed by atoms with van der Waals surface area (Å²) in [6.07, 6.45) is 0.548.